The predicted octanol–water partition coefficient (Wildman–Crippen LogP) is 3.90. The zero-order valence-electron chi connectivity index (χ0n) is 16.8. The predicted molar refractivity (Wildman–Crippen MR) is 112 cm³/mol. The Morgan fingerprint density at radius 1 is 1.11 bits per heavy atom. The van der Waals surface area contributed by atoms with Crippen LogP contribution in [-0.2, 0) is 6.54 Å². The van der Waals surface area contributed by atoms with Crippen LogP contribution in [0.5, 0.6) is 0 Å². The van der Waals surface area contributed by atoms with Crippen LogP contribution in [0.4, 0.5) is 0 Å². The Labute approximate surface area is 172 Å². The van der Waals surface area contributed by atoms with E-state index in [4.69, 9.17) is 11.6 Å². The van der Waals surface area contributed by atoms with Crippen LogP contribution in [0.15, 0.2) is 24.3 Å². The number of aryl methyl sites for hydroxylation is 1. The molecule has 0 spiro atoms. The molecule has 0 radical (unpaired) electrons. The van der Waals surface area contributed by atoms with Gasteiger partial charge in [0.15, 0.2) is 0 Å². The quantitative estimate of drug-likeness (QED) is 0.781. The van der Waals surface area contributed by atoms with Crippen molar-refractivity contribution < 1.29 is 4.79 Å². The Hall–Kier alpha value is -1.85. The zero-order valence-corrected chi connectivity index (χ0v) is 17.6. The lowest BCUT2D eigenvalue weighted by molar-refractivity contribution is 0.0572. The summed E-state index contributed by atoms with van der Waals surface area (Å²) in [5.74, 6) is 0.117. The second kappa shape index (κ2) is 8.26. The van der Waals surface area contributed by atoms with Crippen molar-refractivity contribution in [2.75, 3.05) is 26.2 Å². The highest BCUT2D eigenvalue weighted by atomic mass is 35.5. The highest BCUT2D eigenvalue weighted by Crippen LogP contribution is 2.25. The van der Waals surface area contributed by atoms with Gasteiger partial charge in [-0.2, -0.15) is 5.10 Å². The summed E-state index contributed by atoms with van der Waals surface area (Å²) in [6.45, 7) is 8.09. The fourth-order valence-corrected chi connectivity index (χ4v) is 4.86. The Bertz CT molecular complexity index is 848. The topological polar surface area (TPSA) is 41.4 Å². The fraction of sp³-hybridized carbons (Fsp3) is 0.545. The van der Waals surface area contributed by atoms with Crippen LogP contribution in [0.25, 0.3) is 0 Å². The molecule has 1 saturated heterocycles. The minimum Gasteiger partial charge on any atom is -0.336 e. The van der Waals surface area contributed by atoms with Crippen molar-refractivity contribution in [1.82, 2.24) is 19.6 Å². The Morgan fingerprint density at radius 2 is 1.79 bits per heavy atom. The maximum Gasteiger partial charge on any atom is 0.257 e. The average Bonchev–Trinajstić information content (AvgIpc) is 3.32. The van der Waals surface area contributed by atoms with Crippen molar-refractivity contribution in [2.24, 2.45) is 0 Å². The Balaban J connectivity index is 1.46. The number of piperazine rings is 1. The molecule has 6 heteroatoms. The minimum absolute atomic E-state index is 0.117. The fourth-order valence-electron chi connectivity index (χ4n) is 4.67. The van der Waals surface area contributed by atoms with Crippen LogP contribution in [0.1, 0.15) is 53.0 Å². The molecule has 1 aromatic heterocycles. The highest BCUT2D eigenvalue weighted by Gasteiger charge is 2.30. The van der Waals surface area contributed by atoms with Gasteiger partial charge in [0.05, 0.1) is 17.8 Å². The summed E-state index contributed by atoms with van der Waals surface area (Å²) in [5, 5.41) is 5.37. The molecular weight excluding hydrogens is 372 g/mol. The lowest BCUT2D eigenvalue weighted by atomic mass is 10.1. The van der Waals surface area contributed by atoms with Crippen LogP contribution in [0.3, 0.4) is 0 Å². The Kier molecular flexibility index (Phi) is 5.74. The highest BCUT2D eigenvalue weighted by molar-refractivity contribution is 6.31. The van der Waals surface area contributed by atoms with Gasteiger partial charge >= 0.3 is 0 Å². The lowest BCUT2D eigenvalue weighted by Gasteiger charge is -2.38. The molecule has 0 atom stereocenters. The molecule has 28 heavy (non-hydrogen) atoms. The summed E-state index contributed by atoms with van der Waals surface area (Å²) >= 11 is 6.30. The number of rotatable bonds is 4. The number of aromatic nitrogens is 2. The van der Waals surface area contributed by atoms with E-state index in [1.54, 1.807) is 0 Å². The third-order valence-corrected chi connectivity index (χ3v) is 6.68. The monoisotopic (exact) mass is 400 g/mol. The van der Waals surface area contributed by atoms with E-state index in [9.17, 15) is 4.79 Å². The maximum absolute atomic E-state index is 13.2. The van der Waals surface area contributed by atoms with Crippen molar-refractivity contribution >= 4 is 17.5 Å². The molecule has 0 bridgehead atoms. The summed E-state index contributed by atoms with van der Waals surface area (Å²) in [6.07, 6.45) is 5.35. The molecule has 1 aliphatic heterocycles. The first-order valence-corrected chi connectivity index (χ1v) is 10.7. The largest absolute Gasteiger partial charge is 0.336 e. The van der Waals surface area contributed by atoms with E-state index in [0.717, 1.165) is 59.8 Å². The second-order valence-electron chi connectivity index (χ2n) is 8.06. The number of nitrogens with zero attached hydrogens (tertiary/aromatic N) is 4. The molecule has 2 heterocycles. The van der Waals surface area contributed by atoms with E-state index in [2.05, 4.69) is 10.00 Å². The molecule has 2 aliphatic rings. The number of halogens is 1. The zero-order chi connectivity index (χ0) is 19.7. The SMILES string of the molecule is Cc1nn(Cc2ccccc2Cl)c(C)c1C(=O)N1CCN(C2CCCC2)CC1. The molecule has 2 aromatic rings. The van der Waals surface area contributed by atoms with Gasteiger partial charge in [-0.3, -0.25) is 14.4 Å². The summed E-state index contributed by atoms with van der Waals surface area (Å²) in [4.78, 5) is 17.8. The van der Waals surface area contributed by atoms with Crippen molar-refractivity contribution in [3.8, 4) is 0 Å². The first-order valence-electron chi connectivity index (χ1n) is 10.4. The number of hydrogen-bond acceptors (Lipinski definition) is 3. The smallest absolute Gasteiger partial charge is 0.257 e. The molecule has 150 valence electrons. The number of carbonyl (C=O) groups excluding carboxylic acids is 1. The molecule has 1 saturated carbocycles. The third-order valence-electron chi connectivity index (χ3n) is 6.32. The minimum atomic E-state index is 0.117. The van der Waals surface area contributed by atoms with Gasteiger partial charge in [0, 0.05) is 42.9 Å². The summed E-state index contributed by atoms with van der Waals surface area (Å²) in [7, 11) is 0. The summed E-state index contributed by atoms with van der Waals surface area (Å²) < 4.78 is 1.90. The molecule has 5 nitrogen and oxygen atoms in total. The number of hydrogen-bond donors (Lipinski definition) is 0. The number of carbonyl (C=O) groups is 1. The molecule has 0 unspecified atom stereocenters. The normalized spacial score (nSPS) is 18.8. The summed E-state index contributed by atoms with van der Waals surface area (Å²) in [5.41, 5.74) is 3.48. The number of benzene rings is 1. The van der Waals surface area contributed by atoms with E-state index in [1.807, 2.05) is 47.7 Å². The van der Waals surface area contributed by atoms with Gasteiger partial charge in [0.1, 0.15) is 0 Å². The van der Waals surface area contributed by atoms with E-state index < -0.39 is 0 Å². The number of amides is 1. The summed E-state index contributed by atoms with van der Waals surface area (Å²) in [6, 6.07) is 8.52. The van der Waals surface area contributed by atoms with Crippen molar-refractivity contribution in [3.63, 3.8) is 0 Å². The van der Waals surface area contributed by atoms with Crippen LogP contribution < -0.4 is 0 Å². The van der Waals surface area contributed by atoms with E-state index in [0.29, 0.717) is 6.54 Å². The van der Waals surface area contributed by atoms with Gasteiger partial charge < -0.3 is 4.90 Å². The molecule has 0 N–H and O–H groups in total. The van der Waals surface area contributed by atoms with Crippen molar-refractivity contribution in [1.29, 1.82) is 0 Å². The van der Waals surface area contributed by atoms with Gasteiger partial charge in [0.25, 0.3) is 5.91 Å². The van der Waals surface area contributed by atoms with Crippen LogP contribution in [-0.4, -0.2) is 57.7 Å². The average molecular weight is 401 g/mol. The van der Waals surface area contributed by atoms with Gasteiger partial charge in [-0.1, -0.05) is 42.6 Å². The van der Waals surface area contributed by atoms with Gasteiger partial charge in [0.2, 0.25) is 0 Å². The molecule has 1 aromatic carbocycles. The Morgan fingerprint density at radius 3 is 2.46 bits per heavy atom. The second-order valence-corrected chi connectivity index (χ2v) is 8.47. The van der Waals surface area contributed by atoms with E-state index in [1.165, 1.54) is 25.7 Å². The first kappa shape index (κ1) is 19.5. The molecule has 1 aliphatic carbocycles. The van der Waals surface area contributed by atoms with Crippen LogP contribution in [0, 0.1) is 13.8 Å². The molecular formula is C22H29ClN4O. The van der Waals surface area contributed by atoms with Crippen molar-refractivity contribution in [2.45, 2.75) is 52.1 Å². The van der Waals surface area contributed by atoms with Gasteiger partial charge in [-0.25, -0.2) is 0 Å². The third kappa shape index (κ3) is 3.83. The molecule has 2 fully saturated rings. The molecule has 4 rings (SSSR count). The standard InChI is InChI=1S/C22H29ClN4O/c1-16-21(17(2)27(24-16)15-18-7-3-6-10-20(18)23)22(28)26-13-11-25(12-14-26)19-8-4-5-9-19/h3,6-7,10,19H,4-5,8-9,11-15H2,1-2H3. The van der Waals surface area contributed by atoms with Crippen LogP contribution >= 0.6 is 11.6 Å². The first-order chi connectivity index (χ1) is 13.5. The van der Waals surface area contributed by atoms with Crippen LogP contribution in [0.2, 0.25) is 5.02 Å². The van der Waals surface area contributed by atoms with E-state index >= 15 is 0 Å². The van der Waals surface area contributed by atoms with Gasteiger partial charge in [-0.05, 0) is 38.3 Å². The molecule has 1 amide bonds. The van der Waals surface area contributed by atoms with E-state index in [-0.39, 0.29) is 5.91 Å². The lowest BCUT2D eigenvalue weighted by Crippen LogP contribution is -2.51. The van der Waals surface area contributed by atoms with Crippen molar-refractivity contribution in [3.05, 3.63) is 51.8 Å². The maximum atomic E-state index is 13.2. The van der Waals surface area contributed by atoms with Gasteiger partial charge in [-0.15, -0.1) is 0 Å².